The first-order chi connectivity index (χ1) is 9.20. The van der Waals surface area contributed by atoms with Crippen molar-refractivity contribution in [2.24, 2.45) is 0 Å². The first-order valence-electron chi connectivity index (χ1n) is 5.07. The van der Waals surface area contributed by atoms with Crippen LogP contribution in [0.5, 0.6) is 0 Å². The number of ketones is 1. The third kappa shape index (κ3) is 5.14. The van der Waals surface area contributed by atoms with Gasteiger partial charge in [0.05, 0.1) is 11.1 Å². The van der Waals surface area contributed by atoms with Crippen molar-refractivity contribution in [3.8, 4) is 0 Å². The molecule has 0 spiro atoms. The lowest BCUT2D eigenvalue weighted by atomic mass is 10.0. The third-order valence-corrected chi connectivity index (χ3v) is 2.96. The van der Waals surface area contributed by atoms with Crippen LogP contribution in [0.1, 0.15) is 21.5 Å². The van der Waals surface area contributed by atoms with Crippen molar-refractivity contribution in [1.29, 1.82) is 0 Å². The van der Waals surface area contributed by atoms with Gasteiger partial charge in [0.2, 0.25) is 0 Å². The molecule has 0 unspecified atom stereocenters. The molecule has 21 heavy (non-hydrogen) atoms. The van der Waals surface area contributed by atoms with Crippen LogP contribution in [-0.2, 0) is 16.9 Å². The maximum atomic E-state index is 12.5. The van der Waals surface area contributed by atoms with Crippen molar-refractivity contribution in [2.45, 2.75) is 12.4 Å². The molecule has 0 aliphatic carbocycles. The Labute approximate surface area is 113 Å². The largest absolute Gasteiger partial charge is 0.416 e. The molecule has 0 heterocycles. The molecular weight excluding hydrogens is 329 g/mol. The minimum atomic E-state index is -5.14. The van der Waals surface area contributed by atoms with E-state index in [0.717, 1.165) is 0 Å². The summed E-state index contributed by atoms with van der Waals surface area (Å²) in [6, 6.07) is 0.0503. The van der Waals surface area contributed by atoms with Crippen LogP contribution in [0, 0.1) is 0 Å². The Balaban J connectivity index is 3.39. The van der Waals surface area contributed by atoms with Gasteiger partial charge in [0, 0.05) is 5.56 Å². The topological polar surface area (TPSA) is 74.6 Å². The third-order valence-electron chi connectivity index (χ3n) is 2.26. The molecule has 0 saturated carbocycles. The van der Waals surface area contributed by atoms with Crippen LogP contribution in [0.3, 0.4) is 0 Å². The van der Waals surface area contributed by atoms with E-state index in [2.05, 4.69) is 0 Å². The second-order valence-electron chi connectivity index (χ2n) is 4.04. The summed E-state index contributed by atoms with van der Waals surface area (Å²) >= 11 is 0. The zero-order valence-corrected chi connectivity index (χ0v) is 10.8. The van der Waals surface area contributed by atoms with E-state index in [1.165, 1.54) is 0 Å². The Bertz CT molecular complexity index is 568. The molecule has 0 amide bonds. The van der Waals surface area contributed by atoms with Crippen LogP contribution in [0.25, 0.3) is 0 Å². The molecule has 0 aliphatic heterocycles. The Morgan fingerprint density at radius 3 is 1.62 bits per heavy atom. The lowest BCUT2D eigenvalue weighted by Gasteiger charge is -2.13. The van der Waals surface area contributed by atoms with Crippen LogP contribution in [0.2, 0.25) is 0 Å². The van der Waals surface area contributed by atoms with E-state index in [1.807, 2.05) is 0 Å². The highest BCUT2D eigenvalue weighted by molar-refractivity contribution is 7.52. The van der Waals surface area contributed by atoms with E-state index < -0.39 is 48.6 Å². The number of alkyl halides is 6. The molecule has 2 N–H and O–H groups in total. The van der Waals surface area contributed by atoms with Gasteiger partial charge in [-0.25, -0.2) is 0 Å². The molecule has 0 aliphatic rings. The van der Waals surface area contributed by atoms with E-state index in [4.69, 9.17) is 9.79 Å². The first kappa shape index (κ1) is 17.7. The van der Waals surface area contributed by atoms with E-state index in [1.54, 1.807) is 0 Å². The van der Waals surface area contributed by atoms with E-state index in [-0.39, 0.29) is 18.2 Å². The molecule has 11 heteroatoms. The van der Waals surface area contributed by atoms with Crippen LogP contribution in [0.4, 0.5) is 26.3 Å². The van der Waals surface area contributed by atoms with Gasteiger partial charge in [0.1, 0.15) is 6.16 Å². The average molecular weight is 336 g/mol. The van der Waals surface area contributed by atoms with Crippen LogP contribution < -0.4 is 0 Å². The number of rotatable bonds is 3. The van der Waals surface area contributed by atoms with Crippen LogP contribution in [0.15, 0.2) is 18.2 Å². The van der Waals surface area contributed by atoms with Gasteiger partial charge in [-0.2, -0.15) is 26.3 Å². The highest BCUT2D eigenvalue weighted by atomic mass is 31.2. The molecule has 0 saturated heterocycles. The fourth-order valence-corrected chi connectivity index (χ4v) is 1.95. The van der Waals surface area contributed by atoms with Crippen molar-refractivity contribution in [3.05, 3.63) is 34.9 Å². The molecule has 0 bridgehead atoms. The SMILES string of the molecule is O=C(CP(=O)(O)O)c1cc(C(F)(F)F)cc(C(F)(F)F)c1. The smallest absolute Gasteiger partial charge is 0.324 e. The van der Waals surface area contributed by atoms with Gasteiger partial charge in [0.15, 0.2) is 5.78 Å². The standard InChI is InChI=1S/C10H7F6O4P/c11-9(12,13)6-1-5(8(17)4-21(18,19)20)2-7(3-6)10(14,15)16/h1-3H,4H2,(H2,18,19,20). The van der Waals surface area contributed by atoms with Gasteiger partial charge >= 0.3 is 19.9 Å². The number of Topliss-reactive ketones (excluding diaryl/α,β-unsaturated/α-hetero) is 1. The molecule has 1 rings (SSSR count). The minimum Gasteiger partial charge on any atom is -0.324 e. The Hall–Kier alpha value is -1.38. The van der Waals surface area contributed by atoms with Crippen molar-refractivity contribution < 1.29 is 45.5 Å². The molecule has 0 fully saturated rings. The molecule has 4 nitrogen and oxygen atoms in total. The normalized spacial score (nSPS) is 13.3. The molecule has 0 aromatic heterocycles. The number of hydrogen-bond acceptors (Lipinski definition) is 2. The van der Waals surface area contributed by atoms with E-state index in [0.29, 0.717) is 0 Å². The van der Waals surface area contributed by atoms with Crippen molar-refractivity contribution in [2.75, 3.05) is 6.16 Å². The second-order valence-corrected chi connectivity index (χ2v) is 5.69. The molecule has 1 aromatic rings. The molecule has 0 atom stereocenters. The predicted molar refractivity (Wildman–Crippen MR) is 57.7 cm³/mol. The molecule has 0 radical (unpaired) electrons. The van der Waals surface area contributed by atoms with Crippen LogP contribution >= 0.6 is 7.60 Å². The van der Waals surface area contributed by atoms with E-state index in [9.17, 15) is 35.7 Å². The number of benzene rings is 1. The van der Waals surface area contributed by atoms with Crippen molar-refractivity contribution in [3.63, 3.8) is 0 Å². The Morgan fingerprint density at radius 2 is 1.33 bits per heavy atom. The number of carbonyl (C=O) groups is 1. The highest BCUT2D eigenvalue weighted by Gasteiger charge is 2.37. The summed E-state index contributed by atoms with van der Waals surface area (Å²) in [5.41, 5.74) is -4.53. The number of halogens is 6. The number of carbonyl (C=O) groups excluding carboxylic acids is 1. The first-order valence-corrected chi connectivity index (χ1v) is 6.87. The summed E-state index contributed by atoms with van der Waals surface area (Å²) in [6.07, 6.45) is -11.8. The predicted octanol–water partition coefficient (Wildman–Crippen LogP) is 3.08. The molecule has 118 valence electrons. The van der Waals surface area contributed by atoms with Gasteiger partial charge < -0.3 is 9.79 Å². The summed E-state index contributed by atoms with van der Waals surface area (Å²) in [5.74, 6) is -1.51. The van der Waals surface area contributed by atoms with Crippen molar-refractivity contribution >= 4 is 13.4 Å². The van der Waals surface area contributed by atoms with E-state index >= 15 is 0 Å². The quantitative estimate of drug-likeness (QED) is 0.505. The fraction of sp³-hybridized carbons (Fsp3) is 0.300. The summed E-state index contributed by atoms with van der Waals surface area (Å²) in [7, 11) is -4.91. The fourth-order valence-electron chi connectivity index (χ4n) is 1.39. The zero-order chi connectivity index (χ0) is 16.6. The lowest BCUT2D eigenvalue weighted by molar-refractivity contribution is -0.143. The number of hydrogen-bond donors (Lipinski definition) is 2. The van der Waals surface area contributed by atoms with Gasteiger partial charge in [-0.05, 0) is 18.2 Å². The highest BCUT2D eigenvalue weighted by Crippen LogP contribution is 2.38. The second kappa shape index (κ2) is 5.43. The Morgan fingerprint density at radius 1 is 0.952 bits per heavy atom. The molecular formula is C10H7F6O4P. The Kier molecular flexibility index (Phi) is 4.57. The summed E-state index contributed by atoms with van der Waals surface area (Å²) in [6.45, 7) is 0. The van der Waals surface area contributed by atoms with Crippen LogP contribution in [-0.4, -0.2) is 21.7 Å². The maximum Gasteiger partial charge on any atom is 0.416 e. The van der Waals surface area contributed by atoms with Gasteiger partial charge in [-0.1, -0.05) is 0 Å². The minimum absolute atomic E-state index is 0.118. The van der Waals surface area contributed by atoms with Gasteiger partial charge in [-0.15, -0.1) is 0 Å². The zero-order valence-electron chi connectivity index (χ0n) is 9.87. The van der Waals surface area contributed by atoms with Crippen molar-refractivity contribution in [1.82, 2.24) is 0 Å². The average Bonchev–Trinajstić information content (AvgIpc) is 2.23. The summed E-state index contributed by atoms with van der Waals surface area (Å²) in [4.78, 5) is 28.5. The maximum absolute atomic E-state index is 12.5. The monoisotopic (exact) mass is 336 g/mol. The van der Waals surface area contributed by atoms with Gasteiger partial charge in [0.25, 0.3) is 0 Å². The molecule has 1 aromatic carbocycles. The summed E-state index contributed by atoms with van der Waals surface area (Å²) in [5, 5.41) is 0. The summed E-state index contributed by atoms with van der Waals surface area (Å²) < 4.78 is 85.6. The lowest BCUT2D eigenvalue weighted by Crippen LogP contribution is -2.14. The van der Waals surface area contributed by atoms with Gasteiger partial charge in [-0.3, -0.25) is 9.36 Å².